The van der Waals surface area contributed by atoms with Crippen LogP contribution in [0.3, 0.4) is 0 Å². The number of carbonyl (C=O) groups excluding carboxylic acids is 2. The van der Waals surface area contributed by atoms with Crippen molar-refractivity contribution in [2.75, 3.05) is 6.61 Å². The molecular weight excluding hydrogens is 450 g/mol. The van der Waals surface area contributed by atoms with Gasteiger partial charge in [0.1, 0.15) is 12.6 Å². The van der Waals surface area contributed by atoms with Gasteiger partial charge in [-0.2, -0.15) is 0 Å². The molecule has 4 rings (SSSR count). The van der Waals surface area contributed by atoms with E-state index >= 15 is 0 Å². The highest BCUT2D eigenvalue weighted by atomic mass is 16.5. The van der Waals surface area contributed by atoms with Crippen LogP contribution in [-0.2, 0) is 16.1 Å². The van der Waals surface area contributed by atoms with Gasteiger partial charge in [0.25, 0.3) is 5.91 Å². The van der Waals surface area contributed by atoms with E-state index in [2.05, 4.69) is 27.9 Å². The molecule has 1 aliphatic carbocycles. The van der Waals surface area contributed by atoms with Crippen LogP contribution in [0.25, 0.3) is 11.1 Å². The van der Waals surface area contributed by atoms with Crippen LogP contribution in [0.4, 0.5) is 4.79 Å². The quantitative estimate of drug-likeness (QED) is 0.470. The number of nitrogens with one attached hydrogen (secondary N) is 2. The average Bonchev–Trinajstić information content (AvgIpc) is 3.42. The molecular formula is C26H27N3O6. The number of amides is 2. The first-order chi connectivity index (χ1) is 16.6. The second-order valence-corrected chi connectivity index (χ2v) is 9.47. The fraction of sp³-hybridized carbons (Fsp3) is 0.308. The zero-order valence-electron chi connectivity index (χ0n) is 19.7. The van der Waals surface area contributed by atoms with E-state index in [1.54, 1.807) is 20.8 Å². The monoisotopic (exact) mass is 477 g/mol. The van der Waals surface area contributed by atoms with Gasteiger partial charge in [0, 0.05) is 12.0 Å². The molecule has 1 aliphatic rings. The van der Waals surface area contributed by atoms with Crippen molar-refractivity contribution in [3.8, 4) is 11.1 Å². The maximum absolute atomic E-state index is 12.4. The molecule has 2 amide bonds. The van der Waals surface area contributed by atoms with Gasteiger partial charge in [-0.3, -0.25) is 4.79 Å². The molecule has 2 aromatic carbocycles. The minimum absolute atomic E-state index is 0.0431. The number of carboxylic acids is 1. The van der Waals surface area contributed by atoms with Crippen LogP contribution < -0.4 is 10.6 Å². The van der Waals surface area contributed by atoms with Crippen molar-refractivity contribution >= 4 is 18.0 Å². The standard InChI is InChI=1S/C26H27N3O6/c1-26(2,3)22(24(31)32)28-23(30)21-12-15(35-29-21)13-27-25(33)34-14-20-18-10-6-4-8-16(18)17-9-5-7-11-19(17)20/h4-12,20,22H,13-14H2,1-3H3,(H,27,33)(H,28,30)(H,31,32). The van der Waals surface area contributed by atoms with Gasteiger partial charge in [-0.1, -0.05) is 74.5 Å². The lowest BCUT2D eigenvalue weighted by Crippen LogP contribution is -2.49. The molecule has 0 saturated heterocycles. The number of carboxylic acid groups (broad SMARTS) is 1. The SMILES string of the molecule is CC(C)(C)C(NC(=O)c1cc(CNC(=O)OCC2c3ccccc3-c3ccccc32)on1)C(=O)O. The molecule has 182 valence electrons. The van der Waals surface area contributed by atoms with Crippen LogP contribution in [0.2, 0.25) is 0 Å². The number of benzene rings is 2. The molecule has 3 N–H and O–H groups in total. The van der Waals surface area contributed by atoms with E-state index in [4.69, 9.17) is 9.26 Å². The van der Waals surface area contributed by atoms with Crippen molar-refractivity contribution in [2.45, 2.75) is 39.3 Å². The maximum atomic E-state index is 12.4. The summed E-state index contributed by atoms with van der Waals surface area (Å²) in [5.74, 6) is -1.65. The molecule has 9 heteroatoms. The Hall–Kier alpha value is -4.14. The van der Waals surface area contributed by atoms with E-state index < -0.39 is 29.4 Å². The summed E-state index contributed by atoms with van der Waals surface area (Å²) in [5, 5.41) is 18.1. The van der Waals surface area contributed by atoms with Gasteiger partial charge in [-0.25, -0.2) is 9.59 Å². The topological polar surface area (TPSA) is 131 Å². The van der Waals surface area contributed by atoms with Crippen molar-refractivity contribution in [3.63, 3.8) is 0 Å². The fourth-order valence-corrected chi connectivity index (χ4v) is 4.17. The van der Waals surface area contributed by atoms with Crippen molar-refractivity contribution in [1.82, 2.24) is 15.8 Å². The Morgan fingerprint density at radius 3 is 2.23 bits per heavy atom. The average molecular weight is 478 g/mol. The Bertz CT molecular complexity index is 1210. The molecule has 0 radical (unpaired) electrons. The first kappa shape index (κ1) is 24.0. The highest BCUT2D eigenvalue weighted by molar-refractivity contribution is 5.95. The highest BCUT2D eigenvalue weighted by Crippen LogP contribution is 2.44. The van der Waals surface area contributed by atoms with Crippen LogP contribution >= 0.6 is 0 Å². The Kier molecular flexibility index (Phi) is 6.59. The number of alkyl carbamates (subject to hydrolysis) is 1. The smallest absolute Gasteiger partial charge is 0.407 e. The summed E-state index contributed by atoms with van der Waals surface area (Å²) in [6, 6.07) is 16.4. The molecule has 3 aromatic rings. The van der Waals surface area contributed by atoms with E-state index in [-0.39, 0.29) is 30.5 Å². The van der Waals surface area contributed by atoms with E-state index in [9.17, 15) is 19.5 Å². The lowest BCUT2D eigenvalue weighted by molar-refractivity contribution is -0.142. The number of rotatable bonds is 7. The Labute approximate surface area is 202 Å². The van der Waals surface area contributed by atoms with Gasteiger partial charge in [0.15, 0.2) is 11.5 Å². The van der Waals surface area contributed by atoms with Crippen LogP contribution in [-0.4, -0.2) is 40.9 Å². The summed E-state index contributed by atoms with van der Waals surface area (Å²) in [4.78, 5) is 36.2. The summed E-state index contributed by atoms with van der Waals surface area (Å²) < 4.78 is 10.6. The second kappa shape index (κ2) is 9.61. The predicted octanol–water partition coefficient (Wildman–Crippen LogP) is 3.94. The first-order valence-electron chi connectivity index (χ1n) is 11.2. The molecule has 0 bridgehead atoms. The summed E-state index contributed by atoms with van der Waals surface area (Å²) >= 11 is 0. The Morgan fingerprint density at radius 2 is 1.66 bits per heavy atom. The zero-order valence-corrected chi connectivity index (χ0v) is 19.7. The predicted molar refractivity (Wildman–Crippen MR) is 127 cm³/mol. The third-order valence-corrected chi connectivity index (χ3v) is 5.93. The number of ether oxygens (including phenoxy) is 1. The minimum atomic E-state index is -1.15. The molecule has 1 heterocycles. The van der Waals surface area contributed by atoms with E-state index in [0.717, 1.165) is 22.3 Å². The number of aromatic nitrogens is 1. The van der Waals surface area contributed by atoms with Gasteiger partial charge in [-0.15, -0.1) is 0 Å². The molecule has 1 unspecified atom stereocenters. The summed E-state index contributed by atoms with van der Waals surface area (Å²) in [6.07, 6.45) is -0.632. The minimum Gasteiger partial charge on any atom is -0.480 e. The van der Waals surface area contributed by atoms with Crippen LogP contribution in [0.1, 0.15) is 54.1 Å². The molecule has 0 spiro atoms. The molecule has 0 fully saturated rings. The molecule has 35 heavy (non-hydrogen) atoms. The zero-order chi connectivity index (χ0) is 25.2. The second-order valence-electron chi connectivity index (χ2n) is 9.47. The van der Waals surface area contributed by atoms with Gasteiger partial charge < -0.3 is 25.0 Å². The lowest BCUT2D eigenvalue weighted by Gasteiger charge is -2.27. The highest BCUT2D eigenvalue weighted by Gasteiger charge is 2.33. The van der Waals surface area contributed by atoms with E-state index in [1.165, 1.54) is 6.07 Å². The molecule has 9 nitrogen and oxygen atoms in total. The fourth-order valence-electron chi connectivity index (χ4n) is 4.17. The number of fused-ring (bicyclic) bond motifs is 3. The normalized spacial score (nSPS) is 13.5. The van der Waals surface area contributed by atoms with Gasteiger partial charge >= 0.3 is 12.1 Å². The maximum Gasteiger partial charge on any atom is 0.407 e. The number of hydrogen-bond donors (Lipinski definition) is 3. The molecule has 1 atom stereocenters. The van der Waals surface area contributed by atoms with Gasteiger partial charge in [0.05, 0.1) is 6.54 Å². The van der Waals surface area contributed by atoms with Crippen LogP contribution in [0, 0.1) is 5.41 Å². The van der Waals surface area contributed by atoms with Crippen molar-refractivity contribution in [1.29, 1.82) is 0 Å². The Balaban J connectivity index is 1.32. The number of nitrogens with zero attached hydrogens (tertiary/aromatic N) is 1. The first-order valence-corrected chi connectivity index (χ1v) is 11.2. The van der Waals surface area contributed by atoms with E-state index in [0.29, 0.717) is 0 Å². The largest absolute Gasteiger partial charge is 0.480 e. The molecule has 0 saturated carbocycles. The summed E-state index contributed by atoms with van der Waals surface area (Å²) in [6.45, 7) is 5.25. The third kappa shape index (κ3) is 5.18. The Morgan fingerprint density at radius 1 is 1.06 bits per heavy atom. The van der Waals surface area contributed by atoms with Crippen molar-refractivity contribution in [3.05, 3.63) is 77.2 Å². The van der Waals surface area contributed by atoms with Crippen molar-refractivity contribution < 1.29 is 28.8 Å². The number of aliphatic carboxylic acids is 1. The third-order valence-electron chi connectivity index (χ3n) is 5.93. The van der Waals surface area contributed by atoms with E-state index in [1.807, 2.05) is 36.4 Å². The molecule has 0 aliphatic heterocycles. The van der Waals surface area contributed by atoms with Gasteiger partial charge in [-0.05, 0) is 27.7 Å². The number of hydrogen-bond acceptors (Lipinski definition) is 6. The van der Waals surface area contributed by atoms with Crippen LogP contribution in [0.15, 0.2) is 59.1 Å². The van der Waals surface area contributed by atoms with Gasteiger partial charge in [0.2, 0.25) is 0 Å². The summed E-state index contributed by atoms with van der Waals surface area (Å²) in [5.41, 5.74) is 3.73. The van der Waals surface area contributed by atoms with Crippen LogP contribution in [0.5, 0.6) is 0 Å². The number of carbonyl (C=O) groups is 3. The lowest BCUT2D eigenvalue weighted by atomic mass is 9.86. The van der Waals surface area contributed by atoms with Crippen molar-refractivity contribution in [2.24, 2.45) is 5.41 Å². The molecule has 1 aromatic heterocycles. The summed E-state index contributed by atoms with van der Waals surface area (Å²) in [7, 11) is 0.